The van der Waals surface area contributed by atoms with Gasteiger partial charge in [-0.15, -0.1) is 23.2 Å². The SMILES string of the molecule is C1CCCC1.CC(C)(Cl)Cl.CN(C)B1CCCC1. The van der Waals surface area contributed by atoms with Gasteiger partial charge in [-0.05, 0) is 27.9 Å². The lowest BCUT2D eigenvalue weighted by Crippen LogP contribution is -2.28. The number of rotatable bonds is 1. The van der Waals surface area contributed by atoms with Crippen LogP contribution in [0.15, 0.2) is 0 Å². The maximum Gasteiger partial charge on any atom is 0.222 e. The fourth-order valence-corrected chi connectivity index (χ4v) is 2.30. The zero-order valence-electron chi connectivity index (χ0n) is 12.6. The third kappa shape index (κ3) is 14.7. The van der Waals surface area contributed by atoms with E-state index in [1.807, 2.05) is 0 Å². The van der Waals surface area contributed by atoms with E-state index in [0.29, 0.717) is 0 Å². The second-order valence-corrected chi connectivity index (χ2v) is 8.08. The Kier molecular flexibility index (Phi) is 10.7. The average molecular weight is 294 g/mol. The first-order chi connectivity index (χ1) is 8.30. The van der Waals surface area contributed by atoms with E-state index >= 15 is 0 Å². The molecule has 0 unspecified atom stereocenters. The Morgan fingerprint density at radius 3 is 1.22 bits per heavy atom. The Hall–Kier alpha value is 0.605. The molecule has 0 spiro atoms. The van der Waals surface area contributed by atoms with Crippen molar-refractivity contribution >= 4 is 30.0 Å². The minimum atomic E-state index is -0.556. The van der Waals surface area contributed by atoms with Gasteiger partial charge in [0.1, 0.15) is 4.33 Å². The molecule has 0 N–H and O–H groups in total. The van der Waals surface area contributed by atoms with Gasteiger partial charge in [0, 0.05) is 0 Å². The van der Waals surface area contributed by atoms with Crippen molar-refractivity contribution in [3.05, 3.63) is 0 Å². The van der Waals surface area contributed by atoms with Crippen molar-refractivity contribution in [1.82, 2.24) is 4.81 Å². The minimum Gasteiger partial charge on any atom is -0.347 e. The van der Waals surface area contributed by atoms with Crippen LogP contribution in [0.1, 0.15) is 58.8 Å². The molecule has 0 amide bonds. The smallest absolute Gasteiger partial charge is 0.222 e. The van der Waals surface area contributed by atoms with Gasteiger partial charge >= 0.3 is 0 Å². The molecule has 0 aromatic carbocycles. The molecule has 0 radical (unpaired) electrons. The summed E-state index contributed by atoms with van der Waals surface area (Å²) in [5.41, 5.74) is 0. The topological polar surface area (TPSA) is 3.24 Å². The van der Waals surface area contributed by atoms with Crippen LogP contribution in [0.3, 0.4) is 0 Å². The fourth-order valence-electron chi connectivity index (χ4n) is 2.30. The van der Waals surface area contributed by atoms with Gasteiger partial charge in [-0.25, -0.2) is 0 Å². The van der Waals surface area contributed by atoms with Crippen molar-refractivity contribution in [2.45, 2.75) is 75.8 Å². The lowest BCUT2D eigenvalue weighted by atomic mass is 9.59. The van der Waals surface area contributed by atoms with Crippen LogP contribution in [0, 0.1) is 0 Å². The lowest BCUT2D eigenvalue weighted by molar-refractivity contribution is 0.640. The average Bonchev–Trinajstić information content (AvgIpc) is 2.93. The van der Waals surface area contributed by atoms with Gasteiger partial charge in [0.15, 0.2) is 0 Å². The molecule has 108 valence electrons. The zero-order valence-corrected chi connectivity index (χ0v) is 14.2. The van der Waals surface area contributed by atoms with Gasteiger partial charge in [-0.1, -0.05) is 57.6 Å². The molecule has 0 aromatic rings. The summed E-state index contributed by atoms with van der Waals surface area (Å²) in [6.45, 7) is 4.33. The molecular formula is C14H30BCl2N. The van der Waals surface area contributed by atoms with Crippen LogP contribution in [-0.4, -0.2) is 30.1 Å². The van der Waals surface area contributed by atoms with Crippen LogP contribution in [-0.2, 0) is 0 Å². The first-order valence-corrected chi connectivity index (χ1v) is 8.10. The van der Waals surface area contributed by atoms with Crippen molar-refractivity contribution in [3.63, 3.8) is 0 Å². The highest BCUT2D eigenvalue weighted by atomic mass is 35.5. The van der Waals surface area contributed by atoms with E-state index in [1.165, 1.54) is 57.6 Å². The fraction of sp³-hybridized carbons (Fsp3) is 1.00. The lowest BCUT2D eigenvalue weighted by Gasteiger charge is -2.13. The second-order valence-electron chi connectivity index (χ2n) is 6.00. The van der Waals surface area contributed by atoms with E-state index in [-0.39, 0.29) is 0 Å². The minimum absolute atomic E-state index is 0.556. The largest absolute Gasteiger partial charge is 0.347 e. The molecule has 0 atom stereocenters. The molecule has 4 heteroatoms. The molecule has 2 aliphatic rings. The number of halogens is 2. The standard InChI is InChI=1S/C6H14BN.C5H10.C3H6Cl2/c1-8(2)7-5-3-4-6-7;1-2-4-5-3-1;1-3(2,4)5/h3-6H2,1-2H3;1-5H2;1-2H3. The Labute approximate surface area is 125 Å². The van der Waals surface area contributed by atoms with Crippen molar-refractivity contribution in [2.75, 3.05) is 14.1 Å². The molecule has 0 bridgehead atoms. The third-order valence-corrected chi connectivity index (χ3v) is 3.30. The molecule has 1 aliphatic carbocycles. The van der Waals surface area contributed by atoms with Crippen molar-refractivity contribution in [3.8, 4) is 0 Å². The van der Waals surface area contributed by atoms with Gasteiger partial charge in [0.2, 0.25) is 6.85 Å². The van der Waals surface area contributed by atoms with Crippen molar-refractivity contribution in [2.24, 2.45) is 0 Å². The molecule has 18 heavy (non-hydrogen) atoms. The Morgan fingerprint density at radius 1 is 0.778 bits per heavy atom. The first kappa shape index (κ1) is 18.6. The van der Waals surface area contributed by atoms with E-state index in [9.17, 15) is 0 Å². The van der Waals surface area contributed by atoms with E-state index in [0.717, 1.165) is 6.85 Å². The van der Waals surface area contributed by atoms with Crippen LogP contribution in [0.4, 0.5) is 0 Å². The molecule has 1 heterocycles. The molecule has 1 saturated carbocycles. The van der Waals surface area contributed by atoms with Crippen molar-refractivity contribution < 1.29 is 0 Å². The monoisotopic (exact) mass is 293 g/mol. The summed E-state index contributed by atoms with van der Waals surface area (Å²) in [6.07, 6.45) is 13.2. The number of hydrogen-bond acceptors (Lipinski definition) is 1. The molecule has 1 aliphatic heterocycles. The summed E-state index contributed by atoms with van der Waals surface area (Å²) >= 11 is 10.6. The van der Waals surface area contributed by atoms with Gasteiger partial charge in [0.05, 0.1) is 0 Å². The van der Waals surface area contributed by atoms with Crippen LogP contribution in [0.2, 0.25) is 12.6 Å². The summed E-state index contributed by atoms with van der Waals surface area (Å²) < 4.78 is -0.556. The number of alkyl halides is 2. The van der Waals surface area contributed by atoms with Gasteiger partial charge < -0.3 is 4.81 Å². The van der Waals surface area contributed by atoms with Crippen LogP contribution >= 0.6 is 23.2 Å². The van der Waals surface area contributed by atoms with E-state index in [4.69, 9.17) is 23.2 Å². The zero-order chi connectivity index (χ0) is 14.0. The number of hydrogen-bond donors (Lipinski definition) is 0. The van der Waals surface area contributed by atoms with Gasteiger partial charge in [0.25, 0.3) is 0 Å². The van der Waals surface area contributed by atoms with Crippen LogP contribution in [0.25, 0.3) is 0 Å². The molecule has 0 aromatic heterocycles. The van der Waals surface area contributed by atoms with E-state index < -0.39 is 4.33 Å². The Morgan fingerprint density at radius 2 is 1.06 bits per heavy atom. The van der Waals surface area contributed by atoms with Gasteiger partial charge in [-0.3, -0.25) is 0 Å². The summed E-state index contributed by atoms with van der Waals surface area (Å²) in [5.74, 6) is 0. The molecule has 1 nitrogen and oxygen atoms in total. The van der Waals surface area contributed by atoms with Crippen molar-refractivity contribution in [1.29, 1.82) is 0 Å². The molecule has 2 rings (SSSR count). The Balaban J connectivity index is 0.000000254. The van der Waals surface area contributed by atoms with E-state index in [1.54, 1.807) is 13.8 Å². The summed E-state index contributed by atoms with van der Waals surface area (Å²) in [7, 11) is 4.35. The molecule has 2 fully saturated rings. The summed E-state index contributed by atoms with van der Waals surface area (Å²) in [6, 6.07) is 0. The first-order valence-electron chi connectivity index (χ1n) is 7.35. The van der Waals surface area contributed by atoms with E-state index in [2.05, 4.69) is 18.9 Å². The highest BCUT2D eigenvalue weighted by Crippen LogP contribution is 2.19. The summed E-state index contributed by atoms with van der Waals surface area (Å²) in [5, 5.41) is 0. The maximum absolute atomic E-state index is 5.30. The second kappa shape index (κ2) is 10.4. The van der Waals surface area contributed by atoms with Gasteiger partial charge in [-0.2, -0.15) is 0 Å². The van der Waals surface area contributed by atoms with Crippen LogP contribution < -0.4 is 0 Å². The third-order valence-electron chi connectivity index (χ3n) is 3.30. The maximum atomic E-state index is 5.30. The number of nitrogens with zero attached hydrogens (tertiary/aromatic N) is 1. The molecular weight excluding hydrogens is 264 g/mol. The predicted octanol–water partition coefficient (Wildman–Crippen LogP) is 5.48. The van der Waals surface area contributed by atoms with Crippen LogP contribution in [0.5, 0.6) is 0 Å². The Bertz CT molecular complexity index is 169. The quantitative estimate of drug-likeness (QED) is 0.457. The predicted molar refractivity (Wildman–Crippen MR) is 87.2 cm³/mol. The normalized spacial score (nSPS) is 19.2. The highest BCUT2D eigenvalue weighted by Gasteiger charge is 2.20. The highest BCUT2D eigenvalue weighted by molar-refractivity contribution is 6.56. The summed E-state index contributed by atoms with van der Waals surface area (Å²) in [4.78, 5) is 2.34. The molecule has 1 saturated heterocycles.